The number of benzene rings is 3. The van der Waals surface area contributed by atoms with Crippen LogP contribution >= 0.6 is 11.6 Å². The average Bonchev–Trinajstić information content (AvgIpc) is 3.07. The molecule has 154 valence electrons. The molecule has 0 aliphatic carbocycles. The molecule has 0 atom stereocenters. The van der Waals surface area contributed by atoms with Gasteiger partial charge < -0.3 is 9.30 Å². The van der Waals surface area contributed by atoms with Crippen molar-refractivity contribution in [2.75, 3.05) is 6.61 Å². The zero-order valence-electron chi connectivity index (χ0n) is 17.7. The minimum Gasteiger partial charge on any atom is -0.491 e. The van der Waals surface area contributed by atoms with Crippen LogP contribution in [0.15, 0.2) is 66.7 Å². The van der Waals surface area contributed by atoms with Gasteiger partial charge in [0.25, 0.3) is 0 Å². The summed E-state index contributed by atoms with van der Waals surface area (Å²) in [6.45, 7) is 7.80. The average molecular weight is 419 g/mol. The summed E-state index contributed by atoms with van der Waals surface area (Å²) < 4.78 is 8.51. The summed E-state index contributed by atoms with van der Waals surface area (Å²) in [5, 5.41) is 0.772. The highest BCUT2D eigenvalue weighted by atomic mass is 35.5. The van der Waals surface area contributed by atoms with Crippen LogP contribution in [0.25, 0.3) is 11.0 Å². The molecule has 4 rings (SSSR count). The Morgan fingerprint density at radius 2 is 1.77 bits per heavy atom. The molecule has 0 bridgehead atoms. The number of hydrogen-bond donors (Lipinski definition) is 0. The number of nitrogens with zero attached hydrogens (tertiary/aromatic N) is 2. The highest BCUT2D eigenvalue weighted by Crippen LogP contribution is 2.28. The molecular formula is C26H27ClN2O. The van der Waals surface area contributed by atoms with E-state index in [0.29, 0.717) is 18.9 Å². The number of para-hydroxylation sites is 2. The molecule has 0 saturated carbocycles. The maximum absolute atomic E-state index is 6.41. The molecule has 0 aliphatic heterocycles. The van der Waals surface area contributed by atoms with Crippen LogP contribution in [-0.2, 0) is 13.0 Å². The van der Waals surface area contributed by atoms with Gasteiger partial charge in [0.2, 0.25) is 0 Å². The van der Waals surface area contributed by atoms with E-state index in [0.717, 1.165) is 39.7 Å². The zero-order valence-corrected chi connectivity index (χ0v) is 18.5. The van der Waals surface area contributed by atoms with Gasteiger partial charge in [-0.2, -0.15) is 0 Å². The fourth-order valence-corrected chi connectivity index (χ4v) is 4.01. The first kappa shape index (κ1) is 20.5. The maximum Gasteiger partial charge on any atom is 0.123 e. The first-order chi connectivity index (χ1) is 14.5. The summed E-state index contributed by atoms with van der Waals surface area (Å²) in [5.41, 5.74) is 5.65. The Morgan fingerprint density at radius 1 is 1.00 bits per heavy atom. The molecule has 3 aromatic carbocycles. The van der Waals surface area contributed by atoms with Gasteiger partial charge in [0.15, 0.2) is 0 Å². The minimum absolute atomic E-state index is 0.422. The van der Waals surface area contributed by atoms with E-state index >= 15 is 0 Å². The fourth-order valence-electron chi connectivity index (χ4n) is 3.81. The van der Waals surface area contributed by atoms with Crippen LogP contribution < -0.4 is 4.74 Å². The summed E-state index contributed by atoms with van der Waals surface area (Å²) in [4.78, 5) is 4.88. The predicted octanol–water partition coefficient (Wildman–Crippen LogP) is 6.79. The van der Waals surface area contributed by atoms with Crippen LogP contribution in [0.5, 0.6) is 5.75 Å². The SMILES string of the molecule is Cc1ccc(C(C)C)c(OCCn2c(Cc3ccccc3Cl)nc3ccccc32)c1. The molecule has 0 radical (unpaired) electrons. The monoisotopic (exact) mass is 418 g/mol. The number of ether oxygens (including phenoxy) is 1. The van der Waals surface area contributed by atoms with E-state index < -0.39 is 0 Å². The van der Waals surface area contributed by atoms with Gasteiger partial charge in [0.05, 0.1) is 17.6 Å². The smallest absolute Gasteiger partial charge is 0.123 e. The highest BCUT2D eigenvalue weighted by Gasteiger charge is 2.13. The Morgan fingerprint density at radius 3 is 2.57 bits per heavy atom. The molecule has 0 N–H and O–H groups in total. The third-order valence-corrected chi connectivity index (χ3v) is 5.77. The van der Waals surface area contributed by atoms with Crippen LogP contribution in [0, 0.1) is 6.92 Å². The molecule has 1 heterocycles. The van der Waals surface area contributed by atoms with E-state index in [1.54, 1.807) is 0 Å². The van der Waals surface area contributed by atoms with Crippen molar-refractivity contribution in [2.24, 2.45) is 0 Å². The number of halogens is 1. The predicted molar refractivity (Wildman–Crippen MR) is 125 cm³/mol. The molecule has 0 aliphatic rings. The van der Waals surface area contributed by atoms with Crippen LogP contribution in [0.2, 0.25) is 5.02 Å². The molecule has 3 nitrogen and oxygen atoms in total. The van der Waals surface area contributed by atoms with E-state index in [-0.39, 0.29) is 0 Å². The molecule has 0 amide bonds. The standard InChI is InChI=1S/C26H27ClN2O/c1-18(2)21-13-12-19(3)16-25(21)30-15-14-29-24-11-7-6-10-23(24)28-26(29)17-20-8-4-5-9-22(20)27/h4-13,16,18H,14-15,17H2,1-3H3. The second-order valence-electron chi connectivity index (χ2n) is 7.98. The summed E-state index contributed by atoms with van der Waals surface area (Å²) in [6.07, 6.45) is 0.691. The number of aryl methyl sites for hydroxylation is 1. The number of rotatable bonds is 7. The second-order valence-corrected chi connectivity index (χ2v) is 8.39. The van der Waals surface area contributed by atoms with E-state index in [1.807, 2.05) is 24.3 Å². The van der Waals surface area contributed by atoms with Gasteiger partial charge >= 0.3 is 0 Å². The van der Waals surface area contributed by atoms with Crippen LogP contribution in [0.3, 0.4) is 0 Å². The van der Waals surface area contributed by atoms with Gasteiger partial charge in [0.1, 0.15) is 18.2 Å². The summed E-state index contributed by atoms with van der Waals surface area (Å²) in [6, 6.07) is 22.7. The Kier molecular flexibility index (Phi) is 6.10. The third-order valence-electron chi connectivity index (χ3n) is 5.40. The largest absolute Gasteiger partial charge is 0.491 e. The van der Waals surface area contributed by atoms with Crippen molar-refractivity contribution in [2.45, 2.75) is 39.7 Å². The van der Waals surface area contributed by atoms with Crippen molar-refractivity contribution in [1.82, 2.24) is 9.55 Å². The number of imidazole rings is 1. The van der Waals surface area contributed by atoms with Crippen molar-refractivity contribution in [3.05, 3.63) is 94.3 Å². The lowest BCUT2D eigenvalue weighted by molar-refractivity contribution is 0.294. The van der Waals surface area contributed by atoms with Crippen molar-refractivity contribution >= 4 is 22.6 Å². The van der Waals surface area contributed by atoms with E-state index in [2.05, 4.69) is 67.8 Å². The zero-order chi connectivity index (χ0) is 21.1. The van der Waals surface area contributed by atoms with E-state index in [4.69, 9.17) is 21.3 Å². The minimum atomic E-state index is 0.422. The van der Waals surface area contributed by atoms with Crippen LogP contribution in [0.4, 0.5) is 0 Å². The van der Waals surface area contributed by atoms with Gasteiger partial charge in [0, 0.05) is 11.4 Å². The lowest BCUT2D eigenvalue weighted by Crippen LogP contribution is -2.12. The Hall–Kier alpha value is -2.78. The Balaban J connectivity index is 1.60. The molecule has 0 fully saturated rings. The van der Waals surface area contributed by atoms with Gasteiger partial charge in [-0.25, -0.2) is 4.98 Å². The fraction of sp³-hybridized carbons (Fsp3) is 0.269. The maximum atomic E-state index is 6.41. The first-order valence-corrected chi connectivity index (χ1v) is 10.8. The lowest BCUT2D eigenvalue weighted by atomic mass is 10.0. The molecule has 0 unspecified atom stereocenters. The molecule has 30 heavy (non-hydrogen) atoms. The summed E-state index contributed by atoms with van der Waals surface area (Å²) in [7, 11) is 0. The van der Waals surface area contributed by atoms with E-state index in [9.17, 15) is 0 Å². The van der Waals surface area contributed by atoms with Gasteiger partial charge in [-0.05, 0) is 53.8 Å². The highest BCUT2D eigenvalue weighted by molar-refractivity contribution is 6.31. The number of hydrogen-bond acceptors (Lipinski definition) is 2. The molecule has 0 spiro atoms. The summed E-state index contributed by atoms with van der Waals surface area (Å²) in [5.74, 6) is 2.40. The number of fused-ring (bicyclic) bond motifs is 1. The normalized spacial score (nSPS) is 11.4. The van der Waals surface area contributed by atoms with Crippen molar-refractivity contribution < 1.29 is 4.74 Å². The molecular weight excluding hydrogens is 392 g/mol. The molecule has 1 aromatic heterocycles. The quantitative estimate of drug-likeness (QED) is 0.330. The second kappa shape index (κ2) is 8.93. The van der Waals surface area contributed by atoms with Crippen LogP contribution in [-0.4, -0.2) is 16.2 Å². The van der Waals surface area contributed by atoms with Crippen molar-refractivity contribution in [3.63, 3.8) is 0 Å². The van der Waals surface area contributed by atoms with Crippen molar-refractivity contribution in [3.8, 4) is 5.75 Å². The van der Waals surface area contributed by atoms with Crippen molar-refractivity contribution in [1.29, 1.82) is 0 Å². The molecule has 4 heteroatoms. The van der Waals surface area contributed by atoms with E-state index in [1.165, 1.54) is 11.1 Å². The van der Waals surface area contributed by atoms with Gasteiger partial charge in [-0.1, -0.05) is 67.9 Å². The number of aromatic nitrogens is 2. The topological polar surface area (TPSA) is 27.1 Å². The van der Waals surface area contributed by atoms with Gasteiger partial charge in [-0.15, -0.1) is 0 Å². The first-order valence-electron chi connectivity index (χ1n) is 10.4. The molecule has 4 aromatic rings. The van der Waals surface area contributed by atoms with Crippen LogP contribution in [0.1, 0.15) is 42.3 Å². The Bertz CT molecular complexity index is 1160. The van der Waals surface area contributed by atoms with Gasteiger partial charge in [-0.3, -0.25) is 0 Å². The summed E-state index contributed by atoms with van der Waals surface area (Å²) >= 11 is 6.41. The lowest BCUT2D eigenvalue weighted by Gasteiger charge is -2.16. The molecule has 0 saturated heterocycles. The third kappa shape index (κ3) is 4.36. The Labute approximate surface area is 183 Å².